The monoisotopic (exact) mass is 286 g/mol. The number of carbonyl (C=O) groups excluding carboxylic acids is 1. The fraction of sp³-hybridized carbons (Fsp3) is 0.600. The highest BCUT2D eigenvalue weighted by Crippen LogP contribution is 2.14. The summed E-state index contributed by atoms with van der Waals surface area (Å²) in [6.45, 7) is 2.75. The molecule has 0 unspecified atom stereocenters. The molecule has 0 bridgehead atoms. The number of morpholine rings is 1. The van der Waals surface area contributed by atoms with E-state index < -0.39 is 0 Å². The summed E-state index contributed by atoms with van der Waals surface area (Å²) in [4.78, 5) is 25.4. The molecule has 1 aromatic rings. The number of nitrogens with zero attached hydrogens (tertiary/aromatic N) is 4. The lowest BCUT2D eigenvalue weighted by Crippen LogP contribution is -2.37. The molecular formula is C10H15ClN6O2. The summed E-state index contributed by atoms with van der Waals surface area (Å²) >= 11 is 5.86. The van der Waals surface area contributed by atoms with Gasteiger partial charge >= 0.3 is 0 Å². The Morgan fingerprint density at radius 3 is 2.79 bits per heavy atom. The molecule has 0 aromatic carbocycles. The molecule has 1 amide bonds. The topological polar surface area (TPSA) is 92.3 Å². The molecule has 9 heteroatoms. The predicted octanol–water partition coefficient (Wildman–Crippen LogP) is -0.480. The van der Waals surface area contributed by atoms with Crippen LogP contribution in [0, 0.1) is 0 Å². The van der Waals surface area contributed by atoms with Gasteiger partial charge in [-0.1, -0.05) is 0 Å². The zero-order valence-corrected chi connectivity index (χ0v) is 11.3. The van der Waals surface area contributed by atoms with Crippen molar-refractivity contribution < 1.29 is 9.53 Å². The Labute approximate surface area is 115 Å². The zero-order chi connectivity index (χ0) is 13.7. The van der Waals surface area contributed by atoms with E-state index in [0.29, 0.717) is 32.3 Å². The molecule has 104 valence electrons. The summed E-state index contributed by atoms with van der Waals surface area (Å²) in [6.07, 6.45) is 0. The average Bonchev–Trinajstić information content (AvgIpc) is 2.45. The van der Waals surface area contributed by atoms with Gasteiger partial charge in [-0.25, -0.2) is 0 Å². The molecule has 1 fully saturated rings. The fourth-order valence-electron chi connectivity index (χ4n) is 1.57. The molecule has 2 N–H and O–H groups in total. The van der Waals surface area contributed by atoms with Crippen molar-refractivity contribution in [1.82, 2.24) is 20.3 Å². The lowest BCUT2D eigenvalue weighted by Gasteiger charge is -2.26. The Morgan fingerprint density at radius 1 is 1.37 bits per heavy atom. The summed E-state index contributed by atoms with van der Waals surface area (Å²) in [5.41, 5.74) is 0. The third-order valence-corrected chi connectivity index (χ3v) is 2.75. The van der Waals surface area contributed by atoms with Crippen molar-refractivity contribution >= 4 is 29.4 Å². The van der Waals surface area contributed by atoms with E-state index in [1.165, 1.54) is 0 Å². The van der Waals surface area contributed by atoms with Gasteiger partial charge in [0, 0.05) is 20.1 Å². The number of carbonyl (C=O) groups is 1. The molecule has 8 nitrogen and oxygen atoms in total. The van der Waals surface area contributed by atoms with Crippen LogP contribution in [0.25, 0.3) is 0 Å². The maximum Gasteiger partial charge on any atom is 0.239 e. The van der Waals surface area contributed by atoms with Crippen LogP contribution in [0.2, 0.25) is 5.28 Å². The van der Waals surface area contributed by atoms with Crippen LogP contribution in [-0.4, -0.2) is 60.8 Å². The summed E-state index contributed by atoms with van der Waals surface area (Å²) in [6, 6.07) is 0. The molecule has 0 saturated carbocycles. The second-order valence-electron chi connectivity index (χ2n) is 3.85. The number of halogens is 1. The van der Waals surface area contributed by atoms with Gasteiger partial charge in [-0.15, -0.1) is 0 Å². The quantitative estimate of drug-likeness (QED) is 0.772. The summed E-state index contributed by atoms with van der Waals surface area (Å²) < 4.78 is 5.26. The number of hydrogen-bond donors (Lipinski definition) is 2. The average molecular weight is 287 g/mol. The van der Waals surface area contributed by atoms with Crippen LogP contribution < -0.4 is 15.5 Å². The second-order valence-corrected chi connectivity index (χ2v) is 4.19. The van der Waals surface area contributed by atoms with Gasteiger partial charge in [-0.3, -0.25) is 4.79 Å². The van der Waals surface area contributed by atoms with Crippen LogP contribution in [0.3, 0.4) is 0 Å². The van der Waals surface area contributed by atoms with Crippen LogP contribution in [0.5, 0.6) is 0 Å². The molecule has 0 atom stereocenters. The molecule has 1 aliphatic rings. The van der Waals surface area contributed by atoms with Crippen LogP contribution in [-0.2, 0) is 9.53 Å². The normalized spacial score (nSPS) is 15.2. The highest BCUT2D eigenvalue weighted by atomic mass is 35.5. The molecule has 0 aliphatic carbocycles. The number of amides is 1. The van der Waals surface area contributed by atoms with E-state index >= 15 is 0 Å². The lowest BCUT2D eigenvalue weighted by molar-refractivity contribution is -0.118. The molecule has 0 radical (unpaired) electrons. The largest absolute Gasteiger partial charge is 0.378 e. The van der Waals surface area contributed by atoms with Gasteiger partial charge in [0.1, 0.15) is 0 Å². The molecule has 1 aromatic heterocycles. The van der Waals surface area contributed by atoms with E-state index in [0.717, 1.165) is 0 Å². The third kappa shape index (κ3) is 3.90. The molecule has 1 aliphatic heterocycles. The summed E-state index contributed by atoms with van der Waals surface area (Å²) in [5, 5.41) is 5.39. The number of anilines is 2. The van der Waals surface area contributed by atoms with Gasteiger partial charge in [0.15, 0.2) is 0 Å². The molecule has 2 rings (SSSR count). The van der Waals surface area contributed by atoms with E-state index in [2.05, 4.69) is 25.6 Å². The van der Waals surface area contributed by atoms with Crippen molar-refractivity contribution in [3.63, 3.8) is 0 Å². The predicted molar refractivity (Wildman–Crippen MR) is 70.4 cm³/mol. The molecule has 19 heavy (non-hydrogen) atoms. The number of ether oxygens (including phenoxy) is 1. The van der Waals surface area contributed by atoms with Gasteiger partial charge in [0.2, 0.25) is 23.1 Å². The van der Waals surface area contributed by atoms with Gasteiger partial charge in [-0.05, 0) is 11.6 Å². The number of likely N-dealkylation sites (N-methyl/N-ethyl adjacent to an activating group) is 1. The van der Waals surface area contributed by atoms with Crippen LogP contribution in [0.1, 0.15) is 0 Å². The molecular weight excluding hydrogens is 272 g/mol. The first kappa shape index (κ1) is 13.8. The fourth-order valence-corrected chi connectivity index (χ4v) is 1.73. The Balaban J connectivity index is 2.07. The second kappa shape index (κ2) is 6.48. The van der Waals surface area contributed by atoms with E-state index in [1.807, 2.05) is 4.90 Å². The Bertz CT molecular complexity index is 452. The standard InChI is InChI=1S/C10H15ClN6O2/c1-12-7(18)6-13-9-14-8(11)15-10(16-9)17-2-4-19-5-3-17/h2-6H2,1H3,(H,12,18)(H,13,14,15,16). The van der Waals surface area contributed by atoms with E-state index in [-0.39, 0.29) is 23.7 Å². The number of nitrogens with one attached hydrogen (secondary N) is 2. The van der Waals surface area contributed by atoms with Gasteiger partial charge in [0.05, 0.1) is 19.8 Å². The summed E-state index contributed by atoms with van der Waals surface area (Å²) in [7, 11) is 1.56. The highest BCUT2D eigenvalue weighted by molar-refractivity contribution is 6.28. The van der Waals surface area contributed by atoms with Crippen molar-refractivity contribution in [3.05, 3.63) is 5.28 Å². The van der Waals surface area contributed by atoms with Crippen LogP contribution in [0.15, 0.2) is 0 Å². The van der Waals surface area contributed by atoms with Crippen LogP contribution >= 0.6 is 11.6 Å². The minimum atomic E-state index is -0.163. The van der Waals surface area contributed by atoms with Gasteiger partial charge < -0.3 is 20.3 Å². The first-order chi connectivity index (χ1) is 9.19. The Hall–Kier alpha value is -1.67. The van der Waals surface area contributed by atoms with Crippen molar-refractivity contribution in [1.29, 1.82) is 0 Å². The maximum absolute atomic E-state index is 11.2. The Kier molecular flexibility index (Phi) is 4.69. The number of hydrogen-bond acceptors (Lipinski definition) is 7. The number of aromatic nitrogens is 3. The van der Waals surface area contributed by atoms with Crippen molar-refractivity contribution in [3.8, 4) is 0 Å². The molecule has 2 heterocycles. The zero-order valence-electron chi connectivity index (χ0n) is 10.5. The van der Waals surface area contributed by atoms with Gasteiger partial charge in [-0.2, -0.15) is 15.0 Å². The number of rotatable bonds is 4. The lowest BCUT2D eigenvalue weighted by atomic mass is 10.4. The van der Waals surface area contributed by atoms with E-state index in [4.69, 9.17) is 16.3 Å². The third-order valence-electron chi connectivity index (χ3n) is 2.58. The van der Waals surface area contributed by atoms with Crippen LogP contribution in [0.4, 0.5) is 11.9 Å². The molecule has 1 saturated heterocycles. The first-order valence-electron chi connectivity index (χ1n) is 5.88. The Morgan fingerprint density at radius 2 is 2.11 bits per heavy atom. The van der Waals surface area contributed by atoms with Crippen molar-refractivity contribution in [2.75, 3.05) is 50.1 Å². The minimum Gasteiger partial charge on any atom is -0.378 e. The SMILES string of the molecule is CNC(=O)CNc1nc(Cl)nc(N2CCOCC2)n1. The van der Waals surface area contributed by atoms with Crippen molar-refractivity contribution in [2.45, 2.75) is 0 Å². The van der Waals surface area contributed by atoms with Gasteiger partial charge in [0.25, 0.3) is 0 Å². The highest BCUT2D eigenvalue weighted by Gasteiger charge is 2.16. The summed E-state index contributed by atoms with van der Waals surface area (Å²) in [5.74, 6) is 0.609. The first-order valence-corrected chi connectivity index (χ1v) is 6.25. The smallest absolute Gasteiger partial charge is 0.239 e. The van der Waals surface area contributed by atoms with E-state index in [9.17, 15) is 4.79 Å². The van der Waals surface area contributed by atoms with E-state index in [1.54, 1.807) is 7.05 Å². The minimum absolute atomic E-state index is 0.0827. The molecule has 0 spiro atoms. The van der Waals surface area contributed by atoms with Crippen molar-refractivity contribution in [2.24, 2.45) is 0 Å². The maximum atomic E-state index is 11.2.